The average molecular weight is 742 g/mol. The smallest absolute Gasteiger partial charge is 0.164 e. The first-order chi connectivity index (χ1) is 28.7. The molecule has 5 nitrogen and oxygen atoms in total. The lowest BCUT2D eigenvalue weighted by molar-refractivity contribution is 1.07. The van der Waals surface area contributed by atoms with Crippen molar-refractivity contribution in [3.63, 3.8) is 0 Å². The van der Waals surface area contributed by atoms with Crippen LogP contribution in [0.1, 0.15) is 0 Å². The number of nitrogens with zero attached hydrogens (tertiary/aromatic N) is 5. The third kappa shape index (κ3) is 5.85. The Morgan fingerprint density at radius 1 is 0.293 bits per heavy atom. The van der Waals surface area contributed by atoms with E-state index in [0.717, 1.165) is 33.6 Å². The highest BCUT2D eigenvalue weighted by atomic mass is 15.0. The molecule has 0 aliphatic heterocycles. The summed E-state index contributed by atoms with van der Waals surface area (Å²) in [6, 6.07) is 72.5. The van der Waals surface area contributed by atoms with Gasteiger partial charge in [0.2, 0.25) is 0 Å². The zero-order valence-corrected chi connectivity index (χ0v) is 31.4. The molecule has 0 saturated carbocycles. The van der Waals surface area contributed by atoms with Crippen LogP contribution in [0.5, 0.6) is 0 Å². The fraction of sp³-hybridized carbons (Fsp3) is 0. The number of hydrogen-bond donors (Lipinski definition) is 0. The standard InChI is InChI=1S/C53H35N5/c1-5-16-36(17-6-1)41-32-42(37-18-7-2-8-19-37)35-44(34-41)58-49-27-14-13-26-45(49)46-28-29-48-47(50(46)58)30-31-57(48)43-25-15-24-40(33-43)53-55-51(38-20-9-3-10-21-38)54-52(56-53)39-22-11-4-12-23-39/h1-35H. The van der Waals surface area contributed by atoms with E-state index in [4.69, 9.17) is 15.0 Å². The van der Waals surface area contributed by atoms with E-state index in [1.807, 2.05) is 60.7 Å². The Morgan fingerprint density at radius 2 is 0.793 bits per heavy atom. The van der Waals surface area contributed by atoms with Crippen molar-refractivity contribution in [1.29, 1.82) is 0 Å². The molecule has 0 bridgehead atoms. The lowest BCUT2D eigenvalue weighted by Crippen LogP contribution is -2.01. The lowest BCUT2D eigenvalue weighted by Gasteiger charge is -2.15. The van der Waals surface area contributed by atoms with E-state index in [0.29, 0.717) is 17.5 Å². The number of hydrogen-bond acceptors (Lipinski definition) is 3. The maximum Gasteiger partial charge on any atom is 0.164 e. The molecule has 0 spiro atoms. The summed E-state index contributed by atoms with van der Waals surface area (Å²) in [5.74, 6) is 1.91. The molecule has 0 unspecified atom stereocenters. The van der Waals surface area contributed by atoms with E-state index in [1.165, 1.54) is 49.4 Å². The van der Waals surface area contributed by atoms with Gasteiger partial charge >= 0.3 is 0 Å². The third-order valence-electron chi connectivity index (χ3n) is 11.0. The highest BCUT2D eigenvalue weighted by Crippen LogP contribution is 2.40. The van der Waals surface area contributed by atoms with Crippen molar-refractivity contribution in [1.82, 2.24) is 24.1 Å². The number of para-hydroxylation sites is 1. The molecule has 3 aromatic heterocycles. The van der Waals surface area contributed by atoms with Crippen molar-refractivity contribution in [2.24, 2.45) is 0 Å². The summed E-state index contributed by atoms with van der Waals surface area (Å²) in [7, 11) is 0. The molecule has 0 amide bonds. The zero-order valence-electron chi connectivity index (χ0n) is 31.4. The molecule has 0 radical (unpaired) electrons. The van der Waals surface area contributed by atoms with Crippen molar-refractivity contribution in [2.45, 2.75) is 0 Å². The molecule has 0 saturated heterocycles. The van der Waals surface area contributed by atoms with Crippen molar-refractivity contribution in [3.8, 4) is 67.8 Å². The van der Waals surface area contributed by atoms with Crippen LogP contribution in [-0.4, -0.2) is 24.1 Å². The minimum Gasteiger partial charge on any atom is -0.316 e. The average Bonchev–Trinajstić information content (AvgIpc) is 3.90. The van der Waals surface area contributed by atoms with E-state index in [1.54, 1.807) is 0 Å². The van der Waals surface area contributed by atoms with Crippen molar-refractivity contribution in [3.05, 3.63) is 212 Å². The Labute approximate surface area is 335 Å². The molecule has 5 heteroatoms. The van der Waals surface area contributed by atoms with Crippen molar-refractivity contribution in [2.75, 3.05) is 0 Å². The molecule has 8 aromatic carbocycles. The first-order valence-corrected chi connectivity index (χ1v) is 19.5. The number of fused-ring (bicyclic) bond motifs is 5. The Bertz CT molecular complexity index is 3140. The van der Waals surface area contributed by atoms with E-state index < -0.39 is 0 Å². The molecule has 58 heavy (non-hydrogen) atoms. The number of benzene rings is 8. The van der Waals surface area contributed by atoms with Gasteiger partial charge in [0, 0.05) is 50.4 Å². The molecule has 0 N–H and O–H groups in total. The van der Waals surface area contributed by atoms with Crippen LogP contribution in [0.2, 0.25) is 0 Å². The predicted molar refractivity (Wildman–Crippen MR) is 238 cm³/mol. The van der Waals surface area contributed by atoms with Gasteiger partial charge < -0.3 is 9.13 Å². The molecule has 3 heterocycles. The van der Waals surface area contributed by atoms with Gasteiger partial charge in [-0.3, -0.25) is 0 Å². The summed E-state index contributed by atoms with van der Waals surface area (Å²) < 4.78 is 4.72. The van der Waals surface area contributed by atoms with E-state index in [-0.39, 0.29) is 0 Å². The molecular formula is C53H35N5. The Hall–Kier alpha value is -7.89. The highest BCUT2D eigenvalue weighted by Gasteiger charge is 2.19. The monoisotopic (exact) mass is 741 g/mol. The van der Waals surface area contributed by atoms with Crippen LogP contribution in [-0.2, 0) is 0 Å². The van der Waals surface area contributed by atoms with Gasteiger partial charge in [-0.15, -0.1) is 0 Å². The first kappa shape index (κ1) is 33.4. The van der Waals surface area contributed by atoms with Crippen LogP contribution in [0.25, 0.3) is 101 Å². The number of rotatable bonds is 7. The van der Waals surface area contributed by atoms with Gasteiger partial charge in [0.15, 0.2) is 17.5 Å². The summed E-state index contributed by atoms with van der Waals surface area (Å²) in [5, 5.41) is 3.61. The van der Waals surface area contributed by atoms with Crippen molar-refractivity contribution >= 4 is 32.7 Å². The van der Waals surface area contributed by atoms with Crippen LogP contribution in [0.15, 0.2) is 212 Å². The second kappa shape index (κ2) is 14.0. The molecule has 0 aliphatic rings. The topological polar surface area (TPSA) is 48.5 Å². The first-order valence-electron chi connectivity index (χ1n) is 19.5. The summed E-state index contributed by atoms with van der Waals surface area (Å²) in [4.78, 5) is 14.9. The molecular weight excluding hydrogens is 707 g/mol. The molecule has 0 fully saturated rings. The summed E-state index contributed by atoms with van der Waals surface area (Å²) >= 11 is 0. The highest BCUT2D eigenvalue weighted by molar-refractivity contribution is 6.18. The second-order valence-electron chi connectivity index (χ2n) is 14.5. The van der Waals surface area contributed by atoms with Crippen LogP contribution >= 0.6 is 0 Å². The predicted octanol–water partition coefficient (Wildman–Crippen LogP) is 13.2. The maximum atomic E-state index is 5.02. The lowest BCUT2D eigenvalue weighted by atomic mass is 9.98. The molecule has 11 aromatic rings. The minimum atomic E-state index is 0.626. The van der Waals surface area contributed by atoms with Crippen LogP contribution < -0.4 is 0 Å². The summed E-state index contributed by atoms with van der Waals surface area (Å²) in [6.45, 7) is 0. The maximum absolute atomic E-state index is 5.02. The quantitative estimate of drug-likeness (QED) is 0.163. The zero-order chi connectivity index (χ0) is 38.4. The summed E-state index contributed by atoms with van der Waals surface area (Å²) in [5.41, 5.74) is 13.1. The largest absolute Gasteiger partial charge is 0.316 e. The van der Waals surface area contributed by atoms with E-state index >= 15 is 0 Å². The Morgan fingerprint density at radius 3 is 1.40 bits per heavy atom. The SMILES string of the molecule is c1ccc(-c2cc(-c3ccccc3)cc(-n3c4ccccc4c4ccc5c(ccn5-c5cccc(-c6nc(-c7ccccc7)nc(-c7ccccc7)n6)c5)c43)c2)cc1. The van der Waals surface area contributed by atoms with Gasteiger partial charge in [0.05, 0.1) is 16.6 Å². The fourth-order valence-electron chi connectivity index (χ4n) is 8.24. The van der Waals surface area contributed by atoms with Gasteiger partial charge in [0.25, 0.3) is 0 Å². The Balaban J connectivity index is 1.09. The number of aromatic nitrogens is 5. The van der Waals surface area contributed by atoms with Crippen LogP contribution in [0.3, 0.4) is 0 Å². The van der Waals surface area contributed by atoms with Crippen LogP contribution in [0.4, 0.5) is 0 Å². The molecule has 11 rings (SSSR count). The van der Waals surface area contributed by atoms with Gasteiger partial charge in [-0.1, -0.05) is 158 Å². The minimum absolute atomic E-state index is 0.626. The van der Waals surface area contributed by atoms with Gasteiger partial charge in [0.1, 0.15) is 0 Å². The van der Waals surface area contributed by atoms with E-state index in [9.17, 15) is 0 Å². The normalized spacial score (nSPS) is 11.4. The molecule has 0 aliphatic carbocycles. The Kier molecular flexibility index (Phi) is 8.07. The fourth-order valence-corrected chi connectivity index (χ4v) is 8.24. The van der Waals surface area contributed by atoms with E-state index in [2.05, 4.69) is 161 Å². The van der Waals surface area contributed by atoms with Gasteiger partial charge in [-0.2, -0.15) is 0 Å². The van der Waals surface area contributed by atoms with Gasteiger partial charge in [-0.25, -0.2) is 15.0 Å². The third-order valence-corrected chi connectivity index (χ3v) is 11.0. The second-order valence-corrected chi connectivity index (χ2v) is 14.5. The molecule has 272 valence electrons. The molecule has 0 atom stereocenters. The van der Waals surface area contributed by atoms with Gasteiger partial charge in [-0.05, 0) is 70.8 Å². The summed E-state index contributed by atoms with van der Waals surface area (Å²) in [6.07, 6.45) is 2.18. The van der Waals surface area contributed by atoms with Crippen molar-refractivity contribution < 1.29 is 0 Å². The van der Waals surface area contributed by atoms with Crippen LogP contribution in [0, 0.1) is 0 Å².